The maximum atomic E-state index is 13.7. The number of aromatic carboxylic acids is 1. The Hall–Kier alpha value is -1.56. The van der Waals surface area contributed by atoms with Crippen molar-refractivity contribution in [1.29, 1.82) is 0 Å². The van der Waals surface area contributed by atoms with Crippen LogP contribution in [-0.4, -0.2) is 11.1 Å². The summed E-state index contributed by atoms with van der Waals surface area (Å²) in [4.78, 5) is 11.6. The largest absolute Gasteiger partial charge is 0.478 e. The fourth-order valence-electron chi connectivity index (χ4n) is 1.52. The van der Waals surface area contributed by atoms with E-state index >= 15 is 0 Å². The molecule has 2 aromatic rings. The highest BCUT2D eigenvalue weighted by Crippen LogP contribution is 2.19. The van der Waals surface area contributed by atoms with Gasteiger partial charge in [0.05, 0.1) is 5.56 Å². The lowest BCUT2D eigenvalue weighted by molar-refractivity contribution is 0.0696. The Morgan fingerprint density at radius 3 is 2.55 bits per heavy atom. The molecule has 104 valence electrons. The van der Waals surface area contributed by atoms with Gasteiger partial charge in [-0.25, -0.2) is 9.18 Å². The molecule has 0 spiro atoms. The Labute approximate surface area is 124 Å². The first-order valence-corrected chi connectivity index (χ1v) is 6.92. The maximum Gasteiger partial charge on any atom is 0.335 e. The van der Waals surface area contributed by atoms with Gasteiger partial charge in [-0.2, -0.15) is 0 Å². The number of carboxylic acids is 1. The molecule has 0 bridgehead atoms. The van der Waals surface area contributed by atoms with Crippen LogP contribution in [0.15, 0.2) is 47.4 Å². The van der Waals surface area contributed by atoms with Crippen molar-refractivity contribution in [2.75, 3.05) is 0 Å². The van der Waals surface area contributed by atoms with E-state index in [9.17, 15) is 9.18 Å². The molecular weight excluding hydrogens is 301 g/mol. The van der Waals surface area contributed by atoms with E-state index in [1.807, 2.05) is 12.1 Å². The van der Waals surface area contributed by atoms with Crippen molar-refractivity contribution in [3.63, 3.8) is 0 Å². The molecule has 0 aromatic heterocycles. The number of hydrogen-bond donors (Lipinski definition) is 2. The highest BCUT2D eigenvalue weighted by Gasteiger charge is 2.08. The van der Waals surface area contributed by atoms with E-state index in [2.05, 4.69) is 4.72 Å². The van der Waals surface area contributed by atoms with Crippen molar-refractivity contribution < 1.29 is 14.3 Å². The standard InChI is InChI=1S/C14H11ClFNO2S/c15-11-3-5-12(6-4-11)20-17-8-10-2-1-9(14(18)19)7-13(10)16/h1-7,17H,8H2,(H,18,19). The summed E-state index contributed by atoms with van der Waals surface area (Å²) in [5, 5.41) is 9.41. The lowest BCUT2D eigenvalue weighted by Gasteiger charge is -2.06. The number of halogens is 2. The molecule has 0 aliphatic carbocycles. The van der Waals surface area contributed by atoms with Gasteiger partial charge in [0.15, 0.2) is 0 Å². The average Bonchev–Trinajstić information content (AvgIpc) is 2.42. The zero-order chi connectivity index (χ0) is 14.5. The third-order valence-corrected chi connectivity index (χ3v) is 3.61. The van der Waals surface area contributed by atoms with E-state index in [0.717, 1.165) is 11.0 Å². The third kappa shape index (κ3) is 3.96. The maximum absolute atomic E-state index is 13.7. The number of benzene rings is 2. The molecule has 0 atom stereocenters. The minimum atomic E-state index is -1.14. The summed E-state index contributed by atoms with van der Waals surface area (Å²) >= 11 is 7.13. The minimum Gasteiger partial charge on any atom is -0.478 e. The van der Waals surface area contributed by atoms with Crippen molar-refractivity contribution in [1.82, 2.24) is 4.72 Å². The Balaban J connectivity index is 1.94. The fourth-order valence-corrected chi connectivity index (χ4v) is 2.32. The molecule has 0 aliphatic rings. The van der Waals surface area contributed by atoms with Crippen LogP contribution in [0.25, 0.3) is 0 Å². The van der Waals surface area contributed by atoms with Gasteiger partial charge in [0, 0.05) is 22.0 Å². The molecule has 0 unspecified atom stereocenters. The van der Waals surface area contributed by atoms with E-state index in [-0.39, 0.29) is 5.56 Å². The summed E-state index contributed by atoms with van der Waals surface area (Å²) in [6.07, 6.45) is 0. The van der Waals surface area contributed by atoms with Crippen molar-refractivity contribution in [2.45, 2.75) is 11.4 Å². The lowest BCUT2D eigenvalue weighted by Crippen LogP contribution is -2.06. The molecule has 0 aliphatic heterocycles. The van der Waals surface area contributed by atoms with Gasteiger partial charge in [0.2, 0.25) is 0 Å². The predicted molar refractivity (Wildman–Crippen MR) is 77.5 cm³/mol. The van der Waals surface area contributed by atoms with Crippen LogP contribution in [0.3, 0.4) is 0 Å². The first-order chi connectivity index (χ1) is 9.56. The fraction of sp³-hybridized carbons (Fsp3) is 0.0714. The molecule has 0 saturated carbocycles. The monoisotopic (exact) mass is 311 g/mol. The summed E-state index contributed by atoms with van der Waals surface area (Å²) in [5.74, 6) is -1.67. The number of nitrogens with one attached hydrogen (secondary N) is 1. The summed E-state index contributed by atoms with van der Waals surface area (Å²) in [6, 6.07) is 11.1. The smallest absolute Gasteiger partial charge is 0.335 e. The zero-order valence-electron chi connectivity index (χ0n) is 10.3. The number of carboxylic acid groups (broad SMARTS) is 1. The molecule has 3 nitrogen and oxygen atoms in total. The van der Waals surface area contributed by atoms with Crippen molar-refractivity contribution in [3.8, 4) is 0 Å². The highest BCUT2D eigenvalue weighted by atomic mass is 35.5. The number of hydrogen-bond acceptors (Lipinski definition) is 3. The molecule has 2 rings (SSSR count). The van der Waals surface area contributed by atoms with E-state index in [1.54, 1.807) is 12.1 Å². The quantitative estimate of drug-likeness (QED) is 0.820. The Morgan fingerprint density at radius 1 is 1.25 bits per heavy atom. The highest BCUT2D eigenvalue weighted by molar-refractivity contribution is 7.97. The second kappa shape index (κ2) is 6.74. The number of carbonyl (C=O) groups is 1. The van der Waals surface area contributed by atoms with Gasteiger partial charge in [-0.3, -0.25) is 4.72 Å². The molecule has 2 N–H and O–H groups in total. The molecule has 20 heavy (non-hydrogen) atoms. The van der Waals surface area contributed by atoms with Gasteiger partial charge >= 0.3 is 5.97 Å². The average molecular weight is 312 g/mol. The van der Waals surface area contributed by atoms with E-state index in [0.29, 0.717) is 17.1 Å². The summed E-state index contributed by atoms with van der Waals surface area (Å²) in [7, 11) is 0. The normalized spacial score (nSPS) is 10.5. The van der Waals surface area contributed by atoms with Crippen LogP contribution in [0.4, 0.5) is 4.39 Å². The van der Waals surface area contributed by atoms with E-state index < -0.39 is 11.8 Å². The second-order valence-electron chi connectivity index (χ2n) is 3.99. The molecule has 0 saturated heterocycles. The van der Waals surface area contributed by atoms with Gasteiger partial charge in [0.1, 0.15) is 5.82 Å². The second-order valence-corrected chi connectivity index (χ2v) is 5.39. The Bertz CT molecular complexity index is 619. The molecule has 2 aromatic carbocycles. The van der Waals surface area contributed by atoms with Gasteiger partial charge in [-0.1, -0.05) is 17.7 Å². The first-order valence-electron chi connectivity index (χ1n) is 5.73. The van der Waals surface area contributed by atoms with E-state index in [4.69, 9.17) is 16.7 Å². The van der Waals surface area contributed by atoms with Crippen LogP contribution >= 0.6 is 23.5 Å². The van der Waals surface area contributed by atoms with Gasteiger partial charge in [0.25, 0.3) is 0 Å². The van der Waals surface area contributed by atoms with Gasteiger partial charge in [-0.05, 0) is 48.3 Å². The molecule has 6 heteroatoms. The first kappa shape index (κ1) is 14.8. The van der Waals surface area contributed by atoms with Crippen LogP contribution in [-0.2, 0) is 6.54 Å². The molecular formula is C14H11ClFNO2S. The zero-order valence-corrected chi connectivity index (χ0v) is 11.8. The van der Waals surface area contributed by atoms with Crippen LogP contribution in [0.2, 0.25) is 5.02 Å². The molecule has 0 radical (unpaired) electrons. The predicted octanol–water partition coefficient (Wildman–Crippen LogP) is 3.97. The topological polar surface area (TPSA) is 49.3 Å². The number of rotatable bonds is 5. The summed E-state index contributed by atoms with van der Waals surface area (Å²) in [5.41, 5.74) is 0.355. The van der Waals surface area contributed by atoms with Crippen LogP contribution in [0, 0.1) is 5.82 Å². The van der Waals surface area contributed by atoms with E-state index in [1.165, 1.54) is 24.1 Å². The van der Waals surface area contributed by atoms with Gasteiger partial charge < -0.3 is 5.11 Å². The van der Waals surface area contributed by atoms with Crippen molar-refractivity contribution >= 4 is 29.5 Å². The van der Waals surface area contributed by atoms with Crippen LogP contribution in [0.5, 0.6) is 0 Å². The Morgan fingerprint density at radius 2 is 1.95 bits per heavy atom. The Kier molecular flexibility index (Phi) is 5.00. The van der Waals surface area contributed by atoms with Gasteiger partial charge in [-0.15, -0.1) is 0 Å². The lowest BCUT2D eigenvalue weighted by atomic mass is 10.1. The molecule has 0 amide bonds. The van der Waals surface area contributed by atoms with Crippen LogP contribution in [0.1, 0.15) is 15.9 Å². The molecule has 0 fully saturated rings. The molecule has 0 heterocycles. The van der Waals surface area contributed by atoms with Crippen LogP contribution < -0.4 is 4.72 Å². The third-order valence-electron chi connectivity index (χ3n) is 2.57. The summed E-state index contributed by atoms with van der Waals surface area (Å²) < 4.78 is 16.7. The van der Waals surface area contributed by atoms with Crippen molar-refractivity contribution in [3.05, 3.63) is 64.4 Å². The summed E-state index contributed by atoms with van der Waals surface area (Å²) in [6.45, 7) is 0.291. The van der Waals surface area contributed by atoms with Crippen molar-refractivity contribution in [2.24, 2.45) is 0 Å². The SMILES string of the molecule is O=C(O)c1ccc(CNSc2ccc(Cl)cc2)c(F)c1. The minimum absolute atomic E-state index is 0.0587.